The number of aromatic nitrogens is 2. The number of para-hydroxylation sites is 1. The number of hydrogen-bond donors (Lipinski definition) is 3. The van der Waals surface area contributed by atoms with Crippen LogP contribution in [0.1, 0.15) is 40.9 Å². The van der Waals surface area contributed by atoms with Crippen molar-refractivity contribution in [2.45, 2.75) is 45.4 Å². The van der Waals surface area contributed by atoms with Crippen LogP contribution >= 0.6 is 0 Å². The van der Waals surface area contributed by atoms with E-state index in [1.54, 1.807) is 13.2 Å². The van der Waals surface area contributed by atoms with Crippen LogP contribution in [-0.4, -0.2) is 46.4 Å². The van der Waals surface area contributed by atoms with Gasteiger partial charge in [0.15, 0.2) is 11.5 Å². The van der Waals surface area contributed by atoms with Gasteiger partial charge in [0.1, 0.15) is 0 Å². The van der Waals surface area contributed by atoms with E-state index in [1.807, 2.05) is 80.7 Å². The molecule has 8 heteroatoms. The molecule has 1 aliphatic rings. The van der Waals surface area contributed by atoms with E-state index >= 15 is 0 Å². The zero-order chi connectivity index (χ0) is 30.1. The minimum absolute atomic E-state index is 0.0412. The summed E-state index contributed by atoms with van der Waals surface area (Å²) in [7, 11) is 1.64. The third-order valence-corrected chi connectivity index (χ3v) is 7.94. The van der Waals surface area contributed by atoms with Crippen LogP contribution in [0.5, 0.6) is 11.5 Å². The summed E-state index contributed by atoms with van der Waals surface area (Å²) < 4.78 is 13.9. The maximum absolute atomic E-state index is 14.0. The van der Waals surface area contributed by atoms with E-state index in [0.29, 0.717) is 35.6 Å². The van der Waals surface area contributed by atoms with Gasteiger partial charge in [0.25, 0.3) is 5.91 Å². The predicted octanol–water partition coefficient (Wildman–Crippen LogP) is 5.86. The van der Waals surface area contributed by atoms with Crippen LogP contribution in [-0.2, 0) is 19.4 Å². The first-order valence-corrected chi connectivity index (χ1v) is 14.5. The number of carbonyl (C=O) groups excluding carboxylic acids is 1. The van der Waals surface area contributed by atoms with Gasteiger partial charge >= 0.3 is 0 Å². The van der Waals surface area contributed by atoms with Crippen LogP contribution in [0.15, 0.2) is 72.9 Å². The largest absolute Gasteiger partial charge is 0.493 e. The first-order chi connectivity index (χ1) is 20.9. The van der Waals surface area contributed by atoms with Crippen LogP contribution in [0.4, 0.5) is 0 Å². The molecule has 0 spiro atoms. The number of H-pyrrole nitrogens is 1. The first-order valence-electron chi connectivity index (χ1n) is 14.5. The summed E-state index contributed by atoms with van der Waals surface area (Å²) >= 11 is 0. The van der Waals surface area contributed by atoms with Crippen molar-refractivity contribution in [1.82, 2.24) is 14.9 Å². The fourth-order valence-corrected chi connectivity index (χ4v) is 6.00. The third-order valence-electron chi connectivity index (χ3n) is 7.94. The van der Waals surface area contributed by atoms with Gasteiger partial charge < -0.3 is 29.4 Å². The second-order valence-corrected chi connectivity index (χ2v) is 11.1. The van der Waals surface area contributed by atoms with Crippen molar-refractivity contribution >= 4 is 16.8 Å². The molecule has 1 aliphatic heterocycles. The van der Waals surface area contributed by atoms with Crippen molar-refractivity contribution in [3.63, 3.8) is 0 Å². The number of aryl methyl sites for hydroxylation is 1. The molecule has 0 saturated carbocycles. The second-order valence-electron chi connectivity index (χ2n) is 11.1. The molecule has 2 aromatic heterocycles. The van der Waals surface area contributed by atoms with Gasteiger partial charge in [-0.25, -0.2) is 0 Å². The summed E-state index contributed by atoms with van der Waals surface area (Å²) in [6.07, 6.45) is 3.09. The molecule has 1 unspecified atom stereocenters. The zero-order valence-corrected chi connectivity index (χ0v) is 24.5. The molecule has 43 heavy (non-hydrogen) atoms. The van der Waals surface area contributed by atoms with Crippen LogP contribution in [0.2, 0.25) is 0 Å². The van der Waals surface area contributed by atoms with E-state index in [-0.39, 0.29) is 18.6 Å². The van der Waals surface area contributed by atoms with E-state index < -0.39 is 6.04 Å². The fraction of sp³-hybridized carbons (Fsp3) is 0.257. The van der Waals surface area contributed by atoms with Crippen LogP contribution in [0, 0.1) is 11.3 Å². The molecule has 6 rings (SSSR count). The van der Waals surface area contributed by atoms with Gasteiger partial charge in [0.2, 0.25) is 0 Å². The Morgan fingerprint density at radius 1 is 1.12 bits per heavy atom. The minimum Gasteiger partial charge on any atom is -0.493 e. The Kier molecular flexibility index (Phi) is 7.66. The van der Waals surface area contributed by atoms with Gasteiger partial charge in [0, 0.05) is 40.5 Å². The number of rotatable bonds is 9. The Morgan fingerprint density at radius 3 is 2.72 bits per heavy atom. The third kappa shape index (κ3) is 5.36. The lowest BCUT2D eigenvalue weighted by Crippen LogP contribution is -2.39. The normalized spacial score (nSPS) is 12.8. The highest BCUT2D eigenvalue weighted by atomic mass is 16.5. The highest BCUT2D eigenvalue weighted by molar-refractivity contribution is 6.02. The van der Waals surface area contributed by atoms with Crippen molar-refractivity contribution in [3.05, 3.63) is 95.2 Å². The maximum Gasteiger partial charge on any atom is 0.253 e. The van der Waals surface area contributed by atoms with E-state index in [0.717, 1.165) is 51.0 Å². The molecular weight excluding hydrogens is 540 g/mol. The minimum atomic E-state index is -0.496. The molecule has 0 bridgehead atoms. The van der Waals surface area contributed by atoms with Crippen LogP contribution < -0.4 is 14.8 Å². The first kappa shape index (κ1) is 28.1. The number of ether oxygens (including phenoxy) is 2. The quantitative estimate of drug-likeness (QED) is 0.204. The van der Waals surface area contributed by atoms with Gasteiger partial charge in [-0.2, -0.15) is 5.26 Å². The highest BCUT2D eigenvalue weighted by Crippen LogP contribution is 2.43. The lowest BCUT2D eigenvalue weighted by molar-refractivity contribution is 0.0917. The standard InChI is InChI=1S/C35H34N4O4/c1-21(2)43-33-17-28-23(15-32(33)42-3)11-12-39-31(28)16-29(34(39)24-8-6-7-22(13-24)18-36)35(41)38-26(20-40)14-25-19-37-30-10-5-4-9-27(25)30/h4-10,13,15-17,19,21,26,37,40H,11-12,14,20H2,1-3H3,(H,38,41). The summed E-state index contributed by atoms with van der Waals surface area (Å²) in [6, 6.07) is 22.9. The lowest BCUT2D eigenvalue weighted by Gasteiger charge is -2.24. The molecule has 0 fully saturated rings. The molecule has 1 atom stereocenters. The topological polar surface area (TPSA) is 112 Å². The number of fused-ring (bicyclic) bond motifs is 4. The summed E-state index contributed by atoms with van der Waals surface area (Å²) in [4.78, 5) is 17.3. The average molecular weight is 575 g/mol. The Morgan fingerprint density at radius 2 is 1.95 bits per heavy atom. The number of nitrogens with zero attached hydrogens (tertiary/aromatic N) is 2. The second kappa shape index (κ2) is 11.7. The Bertz CT molecular complexity index is 1860. The van der Waals surface area contributed by atoms with Gasteiger partial charge in [-0.3, -0.25) is 4.79 Å². The van der Waals surface area contributed by atoms with Crippen LogP contribution in [0.25, 0.3) is 33.4 Å². The number of nitrogens with one attached hydrogen (secondary N) is 2. The molecule has 0 aliphatic carbocycles. The Hall–Kier alpha value is -5.00. The van der Waals surface area contributed by atoms with Crippen LogP contribution in [0.3, 0.4) is 0 Å². The Labute approximate surface area is 250 Å². The number of carbonyl (C=O) groups is 1. The number of benzene rings is 3. The predicted molar refractivity (Wildman–Crippen MR) is 166 cm³/mol. The number of hydrogen-bond acceptors (Lipinski definition) is 5. The van der Waals surface area contributed by atoms with Crippen molar-refractivity contribution < 1.29 is 19.4 Å². The van der Waals surface area contributed by atoms with Gasteiger partial charge in [0.05, 0.1) is 48.8 Å². The molecule has 0 saturated heterocycles. The molecule has 3 aromatic carbocycles. The van der Waals surface area contributed by atoms with Crippen molar-refractivity contribution in [1.29, 1.82) is 5.26 Å². The highest BCUT2D eigenvalue weighted by Gasteiger charge is 2.29. The summed E-state index contributed by atoms with van der Waals surface area (Å²) in [6.45, 7) is 4.38. The van der Waals surface area contributed by atoms with Crippen molar-refractivity contribution in [2.75, 3.05) is 13.7 Å². The van der Waals surface area contributed by atoms with E-state index in [9.17, 15) is 15.2 Å². The van der Waals surface area contributed by atoms with E-state index in [4.69, 9.17) is 9.47 Å². The smallest absolute Gasteiger partial charge is 0.253 e. The average Bonchev–Trinajstić information content (AvgIpc) is 3.62. The Balaban J connectivity index is 1.42. The van der Waals surface area contributed by atoms with Gasteiger partial charge in [-0.1, -0.05) is 30.3 Å². The van der Waals surface area contributed by atoms with Crippen molar-refractivity contribution in [2.24, 2.45) is 0 Å². The molecule has 3 N–H and O–H groups in total. The van der Waals surface area contributed by atoms with E-state index in [2.05, 4.69) is 20.9 Å². The SMILES string of the molecule is COc1cc2c(cc1OC(C)C)-c1cc(C(=O)NC(CO)Cc3c[nH]c4ccccc34)c(-c3cccc(C#N)c3)n1CC2. The number of aliphatic hydroxyl groups is 1. The van der Waals surface area contributed by atoms with E-state index in [1.165, 1.54) is 0 Å². The summed E-state index contributed by atoms with van der Waals surface area (Å²) in [5.74, 6) is 1.03. The fourth-order valence-electron chi connectivity index (χ4n) is 6.00. The molecular formula is C35H34N4O4. The monoisotopic (exact) mass is 574 g/mol. The number of amides is 1. The molecule has 1 amide bonds. The molecule has 0 radical (unpaired) electrons. The lowest BCUT2D eigenvalue weighted by atomic mass is 9.97. The molecule has 5 aromatic rings. The van der Waals surface area contributed by atoms with Gasteiger partial charge in [-0.15, -0.1) is 0 Å². The molecule has 218 valence electrons. The molecule has 3 heterocycles. The number of aliphatic hydroxyl groups excluding tert-OH is 1. The zero-order valence-electron chi connectivity index (χ0n) is 24.5. The van der Waals surface area contributed by atoms with Gasteiger partial charge in [-0.05, 0) is 74.2 Å². The summed E-state index contributed by atoms with van der Waals surface area (Å²) in [5, 5.41) is 24.1. The molecule has 8 nitrogen and oxygen atoms in total. The number of aromatic amines is 1. The number of methoxy groups -OCH3 is 1. The number of nitriles is 1. The van der Waals surface area contributed by atoms with Crippen molar-refractivity contribution in [3.8, 4) is 40.1 Å². The maximum atomic E-state index is 14.0. The summed E-state index contributed by atoms with van der Waals surface area (Å²) in [5.41, 5.74) is 7.51.